The van der Waals surface area contributed by atoms with Crippen LogP contribution in [0.25, 0.3) is 0 Å². The Bertz CT molecular complexity index is 318. The van der Waals surface area contributed by atoms with Crippen molar-refractivity contribution in [2.24, 2.45) is 0 Å². The van der Waals surface area contributed by atoms with Crippen molar-refractivity contribution < 1.29 is 23.7 Å². The Morgan fingerprint density at radius 3 is 2.75 bits per heavy atom. The van der Waals surface area contributed by atoms with Gasteiger partial charge in [0.15, 0.2) is 11.9 Å². The first-order valence-electron chi connectivity index (χ1n) is 5.70. The monoisotopic (exact) mass is 228 g/mol. The topological polar surface area (TPSA) is 54.0 Å². The predicted molar refractivity (Wildman–Crippen MR) is 52.7 cm³/mol. The summed E-state index contributed by atoms with van der Waals surface area (Å²) >= 11 is 0. The SMILES string of the molecule is CC1(C)O[C@@H]2CO[C@]3(CCCO3)C(=O)[C@@H]2O1. The number of Topliss-reactive ketones (excluding diaryl/α,β-unsaturated/α-hetero) is 1. The molecule has 3 heterocycles. The zero-order chi connectivity index (χ0) is 11.4. The molecule has 3 rings (SSSR count). The first-order valence-corrected chi connectivity index (χ1v) is 5.70. The molecule has 16 heavy (non-hydrogen) atoms. The summed E-state index contributed by atoms with van der Waals surface area (Å²) in [4.78, 5) is 12.3. The largest absolute Gasteiger partial charge is 0.344 e. The lowest BCUT2D eigenvalue weighted by molar-refractivity contribution is -0.237. The summed E-state index contributed by atoms with van der Waals surface area (Å²) in [7, 11) is 0. The third-order valence-electron chi connectivity index (χ3n) is 3.28. The van der Waals surface area contributed by atoms with Gasteiger partial charge in [0.05, 0.1) is 13.2 Å². The van der Waals surface area contributed by atoms with Crippen molar-refractivity contribution >= 4 is 5.78 Å². The van der Waals surface area contributed by atoms with Gasteiger partial charge in [0, 0.05) is 6.42 Å². The van der Waals surface area contributed by atoms with Crippen molar-refractivity contribution in [3.8, 4) is 0 Å². The van der Waals surface area contributed by atoms with Crippen molar-refractivity contribution in [3.05, 3.63) is 0 Å². The summed E-state index contributed by atoms with van der Waals surface area (Å²) in [5.41, 5.74) is 0. The number of hydrogen-bond acceptors (Lipinski definition) is 5. The molecule has 3 aliphatic heterocycles. The lowest BCUT2D eigenvalue weighted by Gasteiger charge is -2.35. The van der Waals surface area contributed by atoms with Gasteiger partial charge in [-0.05, 0) is 20.3 Å². The van der Waals surface area contributed by atoms with Crippen LogP contribution in [0.15, 0.2) is 0 Å². The molecule has 3 saturated heterocycles. The van der Waals surface area contributed by atoms with Crippen LogP contribution in [0.4, 0.5) is 0 Å². The van der Waals surface area contributed by atoms with Crippen LogP contribution in [0.3, 0.4) is 0 Å². The Labute approximate surface area is 94.0 Å². The molecule has 0 aromatic heterocycles. The molecule has 0 aliphatic carbocycles. The Morgan fingerprint density at radius 2 is 2.06 bits per heavy atom. The first kappa shape index (κ1) is 10.7. The molecule has 0 saturated carbocycles. The van der Waals surface area contributed by atoms with Crippen LogP contribution in [0, 0.1) is 0 Å². The zero-order valence-electron chi connectivity index (χ0n) is 9.52. The fourth-order valence-electron chi connectivity index (χ4n) is 2.61. The Morgan fingerprint density at radius 1 is 1.25 bits per heavy atom. The Hall–Kier alpha value is -0.490. The second-order valence-electron chi connectivity index (χ2n) is 4.97. The van der Waals surface area contributed by atoms with Gasteiger partial charge in [0.2, 0.25) is 11.6 Å². The lowest BCUT2D eigenvalue weighted by Crippen LogP contribution is -2.56. The van der Waals surface area contributed by atoms with Crippen molar-refractivity contribution in [3.63, 3.8) is 0 Å². The van der Waals surface area contributed by atoms with Gasteiger partial charge in [0.25, 0.3) is 0 Å². The summed E-state index contributed by atoms with van der Waals surface area (Å²) in [6.07, 6.45) is 0.644. The molecule has 3 aliphatic rings. The molecule has 90 valence electrons. The number of rotatable bonds is 0. The van der Waals surface area contributed by atoms with E-state index in [0.29, 0.717) is 19.6 Å². The Kier molecular flexibility index (Phi) is 2.17. The van der Waals surface area contributed by atoms with Gasteiger partial charge in [0.1, 0.15) is 6.10 Å². The lowest BCUT2D eigenvalue weighted by atomic mass is 9.97. The third-order valence-corrected chi connectivity index (χ3v) is 3.28. The number of carbonyl (C=O) groups is 1. The van der Waals surface area contributed by atoms with E-state index < -0.39 is 17.7 Å². The number of ketones is 1. The maximum absolute atomic E-state index is 12.3. The summed E-state index contributed by atoms with van der Waals surface area (Å²) < 4.78 is 22.3. The van der Waals surface area contributed by atoms with E-state index in [4.69, 9.17) is 18.9 Å². The molecule has 0 bridgehead atoms. The number of fused-ring (bicyclic) bond motifs is 1. The summed E-state index contributed by atoms with van der Waals surface area (Å²) in [6.45, 7) is 4.55. The molecule has 0 unspecified atom stereocenters. The smallest absolute Gasteiger partial charge is 0.232 e. The van der Waals surface area contributed by atoms with Crippen LogP contribution in [-0.4, -0.2) is 42.8 Å². The van der Waals surface area contributed by atoms with Gasteiger partial charge < -0.3 is 18.9 Å². The molecular weight excluding hydrogens is 212 g/mol. The highest BCUT2D eigenvalue weighted by Crippen LogP contribution is 2.40. The van der Waals surface area contributed by atoms with E-state index in [1.165, 1.54) is 0 Å². The maximum atomic E-state index is 12.3. The molecule has 1 spiro atoms. The second kappa shape index (κ2) is 3.26. The third kappa shape index (κ3) is 1.43. The van der Waals surface area contributed by atoms with Gasteiger partial charge in [-0.1, -0.05) is 0 Å². The summed E-state index contributed by atoms with van der Waals surface area (Å²) in [5, 5.41) is 0. The van der Waals surface area contributed by atoms with E-state index in [1.807, 2.05) is 0 Å². The molecular formula is C11H16O5. The molecule has 0 amide bonds. The molecule has 0 N–H and O–H groups in total. The normalized spacial score (nSPS) is 46.2. The minimum atomic E-state index is -1.05. The van der Waals surface area contributed by atoms with Crippen LogP contribution in [-0.2, 0) is 23.7 Å². The molecule has 5 heteroatoms. The quantitative estimate of drug-likeness (QED) is 0.608. The number of ether oxygens (including phenoxy) is 4. The van der Waals surface area contributed by atoms with Crippen molar-refractivity contribution in [1.82, 2.24) is 0 Å². The minimum absolute atomic E-state index is 0.119. The molecule has 3 atom stereocenters. The van der Waals surface area contributed by atoms with Crippen molar-refractivity contribution in [2.45, 2.75) is 50.5 Å². The van der Waals surface area contributed by atoms with Crippen molar-refractivity contribution in [2.75, 3.05) is 13.2 Å². The van der Waals surface area contributed by atoms with E-state index in [2.05, 4.69) is 0 Å². The van der Waals surface area contributed by atoms with Crippen LogP contribution in [0.2, 0.25) is 0 Å². The number of carbonyl (C=O) groups excluding carboxylic acids is 1. The second-order valence-corrected chi connectivity index (χ2v) is 4.97. The predicted octanol–water partition coefficient (Wildman–Crippen LogP) is 0.612. The highest BCUT2D eigenvalue weighted by molar-refractivity contribution is 5.91. The standard InChI is InChI=1S/C11H16O5/c1-10(2)15-7-6-14-11(4-3-5-13-11)9(12)8(7)16-10/h7-8H,3-6H2,1-2H3/t7-,8-,11-/m1/s1. The van der Waals surface area contributed by atoms with Gasteiger partial charge >= 0.3 is 0 Å². The van der Waals surface area contributed by atoms with Crippen LogP contribution in [0.5, 0.6) is 0 Å². The van der Waals surface area contributed by atoms with Crippen LogP contribution in [0.1, 0.15) is 26.7 Å². The minimum Gasteiger partial charge on any atom is -0.344 e. The molecule has 0 radical (unpaired) electrons. The highest BCUT2D eigenvalue weighted by Gasteiger charge is 2.58. The van der Waals surface area contributed by atoms with Crippen LogP contribution >= 0.6 is 0 Å². The van der Waals surface area contributed by atoms with E-state index >= 15 is 0 Å². The van der Waals surface area contributed by atoms with E-state index in [1.54, 1.807) is 13.8 Å². The van der Waals surface area contributed by atoms with Crippen molar-refractivity contribution in [1.29, 1.82) is 0 Å². The Balaban J connectivity index is 1.85. The molecule has 5 nitrogen and oxygen atoms in total. The highest BCUT2D eigenvalue weighted by atomic mass is 16.8. The van der Waals surface area contributed by atoms with E-state index in [0.717, 1.165) is 6.42 Å². The van der Waals surface area contributed by atoms with Crippen LogP contribution < -0.4 is 0 Å². The van der Waals surface area contributed by atoms with Gasteiger partial charge in [-0.15, -0.1) is 0 Å². The van der Waals surface area contributed by atoms with E-state index in [-0.39, 0.29) is 11.9 Å². The fourth-order valence-corrected chi connectivity index (χ4v) is 2.61. The molecule has 3 fully saturated rings. The maximum Gasteiger partial charge on any atom is 0.232 e. The first-order chi connectivity index (χ1) is 7.53. The molecule has 0 aromatic rings. The molecule has 0 aromatic carbocycles. The zero-order valence-corrected chi connectivity index (χ0v) is 9.52. The van der Waals surface area contributed by atoms with Gasteiger partial charge in [-0.2, -0.15) is 0 Å². The average molecular weight is 228 g/mol. The summed E-state index contributed by atoms with van der Waals surface area (Å²) in [6, 6.07) is 0. The number of hydrogen-bond donors (Lipinski definition) is 0. The fraction of sp³-hybridized carbons (Fsp3) is 0.909. The van der Waals surface area contributed by atoms with Gasteiger partial charge in [-0.25, -0.2) is 0 Å². The van der Waals surface area contributed by atoms with Gasteiger partial charge in [-0.3, -0.25) is 4.79 Å². The summed E-state index contributed by atoms with van der Waals surface area (Å²) in [5.74, 6) is -1.88. The average Bonchev–Trinajstić information content (AvgIpc) is 2.78. The van der Waals surface area contributed by atoms with E-state index in [9.17, 15) is 4.79 Å².